The maximum Gasteiger partial charge on any atom is 0.414 e. The number of carboxylic acids is 2. The maximum atomic E-state index is 13.4. The molecule has 1 fully saturated rings. The molecule has 216 valence electrons. The number of piperazine rings is 1. The molecule has 41 heavy (non-hydrogen) atoms. The molecular formula is C30H32F2N4O4S. The molecule has 0 atom stereocenters. The molecule has 1 aliphatic heterocycles. The van der Waals surface area contributed by atoms with E-state index in [-0.39, 0.29) is 11.6 Å². The van der Waals surface area contributed by atoms with Gasteiger partial charge >= 0.3 is 11.9 Å². The van der Waals surface area contributed by atoms with Gasteiger partial charge in [0.05, 0.1) is 0 Å². The average Bonchev–Trinajstić information content (AvgIpc) is 2.97. The van der Waals surface area contributed by atoms with Crippen molar-refractivity contribution in [3.8, 4) is 5.40 Å². The second kappa shape index (κ2) is 16.3. The highest BCUT2D eigenvalue weighted by Crippen LogP contribution is 2.26. The molecule has 1 aliphatic rings. The average molecular weight is 583 g/mol. The molecule has 1 saturated heterocycles. The molecule has 8 nitrogen and oxygen atoms in total. The Morgan fingerprint density at radius 1 is 0.780 bits per heavy atom. The Kier molecular flexibility index (Phi) is 12.6. The maximum absolute atomic E-state index is 13.4. The summed E-state index contributed by atoms with van der Waals surface area (Å²) in [6.07, 6.45) is 1.98. The lowest BCUT2D eigenvalue weighted by Crippen LogP contribution is -2.47. The molecule has 0 saturated carbocycles. The van der Waals surface area contributed by atoms with Crippen molar-refractivity contribution >= 4 is 35.1 Å². The van der Waals surface area contributed by atoms with Crippen LogP contribution in [0.5, 0.6) is 0 Å². The second-order valence-corrected chi connectivity index (χ2v) is 10.2. The number of carboxylic acid groups (broad SMARTS) is 2. The zero-order valence-corrected chi connectivity index (χ0v) is 23.3. The summed E-state index contributed by atoms with van der Waals surface area (Å²) in [5.41, 5.74) is 3.11. The lowest BCUT2D eigenvalue weighted by atomic mass is 10.1. The van der Waals surface area contributed by atoms with Crippen LogP contribution in [0.2, 0.25) is 0 Å². The van der Waals surface area contributed by atoms with Crippen LogP contribution >= 0.6 is 11.8 Å². The Morgan fingerprint density at radius 2 is 1.24 bits per heavy atom. The third-order valence-corrected chi connectivity index (χ3v) is 7.18. The number of halogens is 2. The van der Waals surface area contributed by atoms with Gasteiger partial charge in [-0.05, 0) is 97.4 Å². The summed E-state index contributed by atoms with van der Waals surface area (Å²) in [6.45, 7) is 7.02. The summed E-state index contributed by atoms with van der Waals surface area (Å²) < 4.78 is 26.9. The first-order valence-electron chi connectivity index (χ1n) is 13.1. The van der Waals surface area contributed by atoms with Gasteiger partial charge in [-0.3, -0.25) is 0 Å². The van der Waals surface area contributed by atoms with Gasteiger partial charge in [0.15, 0.2) is 0 Å². The fraction of sp³-hybridized carbons (Fsp3) is 0.300. The third-order valence-electron chi connectivity index (χ3n) is 6.58. The predicted molar refractivity (Wildman–Crippen MR) is 154 cm³/mol. The summed E-state index contributed by atoms with van der Waals surface area (Å²) in [6, 6.07) is 21.2. The molecule has 3 aromatic carbocycles. The van der Waals surface area contributed by atoms with E-state index >= 15 is 0 Å². The SMILES string of the molecule is N#CSc1ccc(CCN2CCN(CCCN(c3ccc(F)cc3)c3ccc(F)cc3)CC2)cc1.O=C(O)C(=O)O. The van der Waals surface area contributed by atoms with Crippen LogP contribution in [0.15, 0.2) is 77.7 Å². The van der Waals surface area contributed by atoms with Crippen LogP contribution in [-0.4, -0.2) is 77.8 Å². The lowest BCUT2D eigenvalue weighted by molar-refractivity contribution is -0.159. The molecule has 0 radical (unpaired) electrons. The molecule has 0 unspecified atom stereocenters. The van der Waals surface area contributed by atoms with E-state index in [1.54, 1.807) is 24.3 Å². The molecule has 0 aromatic heterocycles. The Balaban J connectivity index is 0.000000696. The van der Waals surface area contributed by atoms with E-state index in [0.29, 0.717) is 0 Å². The predicted octanol–water partition coefficient (Wildman–Crippen LogP) is 5.08. The number of nitriles is 1. The smallest absolute Gasteiger partial charge is 0.414 e. The minimum Gasteiger partial charge on any atom is -0.473 e. The number of thiocyanates is 1. The Morgan fingerprint density at radius 3 is 1.68 bits per heavy atom. The standard InChI is InChI=1S/C28H30F2N4S.C2H2O4/c29-24-4-8-26(9-5-24)34(27-10-6-25(30)7-11-27)16-1-15-32-18-20-33(21-19-32)17-14-23-2-12-28(13-3-23)35-22-31;3-1(4)2(5)6/h2-13H,1,14-21H2;(H,3,4)(H,5,6). The largest absolute Gasteiger partial charge is 0.473 e. The number of carbonyl (C=O) groups is 2. The van der Waals surface area contributed by atoms with Crippen LogP contribution in [0, 0.1) is 22.3 Å². The van der Waals surface area contributed by atoms with Crippen LogP contribution in [0.3, 0.4) is 0 Å². The first kappa shape index (κ1) is 31.5. The van der Waals surface area contributed by atoms with Crippen LogP contribution in [0.25, 0.3) is 0 Å². The number of rotatable bonds is 10. The quantitative estimate of drug-likeness (QED) is 0.192. The molecule has 4 rings (SSSR count). The normalized spacial score (nSPS) is 13.5. The molecule has 0 bridgehead atoms. The van der Waals surface area contributed by atoms with Crippen molar-refractivity contribution in [2.75, 3.05) is 50.7 Å². The van der Waals surface area contributed by atoms with Gasteiger partial charge in [-0.2, -0.15) is 5.26 Å². The van der Waals surface area contributed by atoms with Gasteiger partial charge in [0.2, 0.25) is 0 Å². The van der Waals surface area contributed by atoms with E-state index in [4.69, 9.17) is 25.1 Å². The minimum atomic E-state index is -1.82. The zero-order chi connectivity index (χ0) is 29.6. The van der Waals surface area contributed by atoms with E-state index in [0.717, 1.165) is 74.9 Å². The van der Waals surface area contributed by atoms with E-state index < -0.39 is 11.9 Å². The number of aliphatic carboxylic acids is 2. The molecule has 2 N–H and O–H groups in total. The number of hydrogen-bond donors (Lipinski definition) is 2. The van der Waals surface area contributed by atoms with Crippen molar-refractivity contribution in [3.05, 3.63) is 90.0 Å². The second-order valence-electron chi connectivity index (χ2n) is 9.34. The number of nitrogens with zero attached hydrogens (tertiary/aromatic N) is 4. The van der Waals surface area contributed by atoms with E-state index in [1.807, 2.05) is 12.1 Å². The molecule has 1 heterocycles. The minimum absolute atomic E-state index is 0.263. The van der Waals surface area contributed by atoms with Crippen LogP contribution in [0.4, 0.5) is 20.2 Å². The summed E-state index contributed by atoms with van der Waals surface area (Å²) in [7, 11) is 0. The first-order chi connectivity index (χ1) is 19.7. The van der Waals surface area contributed by atoms with E-state index in [9.17, 15) is 8.78 Å². The Bertz CT molecular complexity index is 1240. The van der Waals surface area contributed by atoms with E-state index in [2.05, 4.69) is 32.2 Å². The number of thioether (sulfide) groups is 1. The Labute approximate surface area is 242 Å². The van der Waals surface area contributed by atoms with Crippen molar-refractivity contribution in [3.63, 3.8) is 0 Å². The topological polar surface area (TPSA) is 108 Å². The Hall–Kier alpha value is -3.98. The number of anilines is 2. The fourth-order valence-electron chi connectivity index (χ4n) is 4.40. The first-order valence-corrected chi connectivity index (χ1v) is 13.9. The molecule has 11 heteroatoms. The summed E-state index contributed by atoms with van der Waals surface area (Å²) in [4.78, 5) is 26.3. The van der Waals surface area contributed by atoms with Crippen LogP contribution in [-0.2, 0) is 16.0 Å². The van der Waals surface area contributed by atoms with Crippen molar-refractivity contribution in [2.24, 2.45) is 0 Å². The molecule has 3 aromatic rings. The van der Waals surface area contributed by atoms with Crippen molar-refractivity contribution in [1.29, 1.82) is 5.26 Å². The monoisotopic (exact) mass is 582 g/mol. The van der Waals surface area contributed by atoms with E-state index in [1.165, 1.54) is 41.6 Å². The molecule has 0 spiro atoms. The lowest BCUT2D eigenvalue weighted by Gasteiger charge is -2.35. The highest BCUT2D eigenvalue weighted by atomic mass is 32.2. The fourth-order valence-corrected chi connectivity index (χ4v) is 4.78. The van der Waals surface area contributed by atoms with Crippen LogP contribution in [0.1, 0.15) is 12.0 Å². The van der Waals surface area contributed by atoms with Gasteiger partial charge in [0, 0.05) is 55.5 Å². The van der Waals surface area contributed by atoms with Gasteiger partial charge in [0.1, 0.15) is 17.0 Å². The van der Waals surface area contributed by atoms with Crippen molar-refractivity contribution in [2.45, 2.75) is 17.7 Å². The molecular weight excluding hydrogens is 550 g/mol. The van der Waals surface area contributed by atoms with Crippen LogP contribution < -0.4 is 4.90 Å². The molecule has 0 amide bonds. The summed E-state index contributed by atoms with van der Waals surface area (Å²) in [5.74, 6) is -4.17. The van der Waals surface area contributed by atoms with Crippen molar-refractivity contribution < 1.29 is 28.6 Å². The highest BCUT2D eigenvalue weighted by Gasteiger charge is 2.17. The highest BCUT2D eigenvalue weighted by molar-refractivity contribution is 8.03. The number of benzene rings is 3. The summed E-state index contributed by atoms with van der Waals surface area (Å²) in [5, 5.41) is 25.7. The zero-order valence-electron chi connectivity index (χ0n) is 22.5. The van der Waals surface area contributed by atoms with Gasteiger partial charge in [-0.1, -0.05) is 12.1 Å². The molecule has 0 aliphatic carbocycles. The van der Waals surface area contributed by atoms with Gasteiger partial charge in [-0.15, -0.1) is 0 Å². The van der Waals surface area contributed by atoms with Crippen molar-refractivity contribution in [1.82, 2.24) is 9.80 Å². The summed E-state index contributed by atoms with van der Waals surface area (Å²) >= 11 is 1.19. The third kappa shape index (κ3) is 10.8. The van der Waals surface area contributed by atoms with Gasteiger partial charge in [-0.25, -0.2) is 18.4 Å². The number of hydrogen-bond acceptors (Lipinski definition) is 7. The van der Waals surface area contributed by atoms with Gasteiger partial charge in [0.25, 0.3) is 0 Å². The van der Waals surface area contributed by atoms with Gasteiger partial charge < -0.3 is 24.9 Å².